The summed E-state index contributed by atoms with van der Waals surface area (Å²) in [4.78, 5) is 4.88. The maximum atomic E-state index is 13.7. The van der Waals surface area contributed by atoms with Gasteiger partial charge in [0.1, 0.15) is 5.82 Å². The highest BCUT2D eigenvalue weighted by molar-refractivity contribution is 5.27. The third-order valence-corrected chi connectivity index (χ3v) is 6.56. The van der Waals surface area contributed by atoms with E-state index in [1.807, 2.05) is 30.3 Å². The maximum Gasteiger partial charge on any atom is 0.416 e. The molecule has 2 heterocycles. The zero-order chi connectivity index (χ0) is 24.0. The minimum Gasteiger partial charge on any atom is -0.350 e. The lowest BCUT2D eigenvalue weighted by molar-refractivity contribution is -0.211. The van der Waals surface area contributed by atoms with Gasteiger partial charge in [-0.2, -0.15) is 13.2 Å². The van der Waals surface area contributed by atoms with E-state index in [0.29, 0.717) is 12.7 Å². The third kappa shape index (κ3) is 6.78. The standard InChI is InChI=1S/C26H32F4N2O2/c27-23-18-20(17-22(19-23)26(28,29)30)9-15-33-25-24(21-7-3-1-4-8-21)32(14-16-34-25)13-12-31-10-5-2-6-11-31/h1,3-4,7-8,17-19,24-25H,2,5-6,9-16H2. The molecule has 0 radical (unpaired) electrons. The monoisotopic (exact) mass is 480 g/mol. The van der Waals surface area contributed by atoms with Gasteiger partial charge in [0, 0.05) is 19.6 Å². The average molecular weight is 481 g/mol. The van der Waals surface area contributed by atoms with Crippen molar-refractivity contribution in [3.05, 3.63) is 71.0 Å². The molecule has 4 nitrogen and oxygen atoms in total. The summed E-state index contributed by atoms with van der Waals surface area (Å²) in [7, 11) is 0. The van der Waals surface area contributed by atoms with Gasteiger partial charge in [0.2, 0.25) is 0 Å². The van der Waals surface area contributed by atoms with Crippen molar-refractivity contribution in [2.45, 2.75) is 44.2 Å². The highest BCUT2D eigenvalue weighted by Gasteiger charge is 2.35. The fraction of sp³-hybridized carbons (Fsp3) is 0.538. The zero-order valence-electron chi connectivity index (χ0n) is 19.3. The van der Waals surface area contributed by atoms with Crippen LogP contribution in [-0.2, 0) is 22.1 Å². The first kappa shape index (κ1) is 25.1. The summed E-state index contributed by atoms with van der Waals surface area (Å²) < 4.78 is 64.8. The topological polar surface area (TPSA) is 24.9 Å². The summed E-state index contributed by atoms with van der Waals surface area (Å²) in [6, 6.07) is 12.5. The molecule has 2 saturated heterocycles. The predicted molar refractivity (Wildman–Crippen MR) is 122 cm³/mol. The third-order valence-electron chi connectivity index (χ3n) is 6.56. The molecule has 2 aliphatic heterocycles. The molecule has 4 rings (SSSR count). The Hall–Kier alpha value is -2.00. The predicted octanol–water partition coefficient (Wildman–Crippen LogP) is 5.29. The molecule has 2 fully saturated rings. The second kappa shape index (κ2) is 11.6. The summed E-state index contributed by atoms with van der Waals surface area (Å²) in [5.41, 5.74) is 0.347. The van der Waals surface area contributed by atoms with Gasteiger partial charge in [-0.3, -0.25) is 4.90 Å². The van der Waals surface area contributed by atoms with Gasteiger partial charge < -0.3 is 14.4 Å². The number of piperidine rings is 1. The molecule has 2 aromatic carbocycles. The van der Waals surface area contributed by atoms with E-state index in [4.69, 9.17) is 9.47 Å². The van der Waals surface area contributed by atoms with Crippen molar-refractivity contribution < 1.29 is 27.0 Å². The Bertz CT molecular complexity index is 903. The van der Waals surface area contributed by atoms with E-state index in [1.54, 1.807) is 0 Å². The summed E-state index contributed by atoms with van der Waals surface area (Å²) in [5, 5.41) is 0. The summed E-state index contributed by atoms with van der Waals surface area (Å²) in [5.74, 6) is -0.898. The Kier molecular flexibility index (Phi) is 8.58. The van der Waals surface area contributed by atoms with Gasteiger partial charge in [0.15, 0.2) is 6.29 Å². The number of hydrogen-bond donors (Lipinski definition) is 0. The molecule has 2 aliphatic rings. The normalized spacial score (nSPS) is 22.7. The summed E-state index contributed by atoms with van der Waals surface area (Å²) in [6.07, 6.45) is -1.19. The SMILES string of the molecule is Fc1cc(CCOC2OCCN(CCN3CCCCC3)C2c2ccccc2)cc(C(F)(F)F)c1. The Morgan fingerprint density at radius 1 is 0.941 bits per heavy atom. The van der Waals surface area contributed by atoms with Crippen LogP contribution >= 0.6 is 0 Å². The zero-order valence-corrected chi connectivity index (χ0v) is 19.3. The van der Waals surface area contributed by atoms with Crippen LogP contribution in [0.25, 0.3) is 0 Å². The summed E-state index contributed by atoms with van der Waals surface area (Å²) in [6.45, 7) is 5.58. The Morgan fingerprint density at radius 3 is 2.44 bits per heavy atom. The average Bonchev–Trinajstić information content (AvgIpc) is 2.83. The van der Waals surface area contributed by atoms with Gasteiger partial charge in [0.25, 0.3) is 0 Å². The summed E-state index contributed by atoms with van der Waals surface area (Å²) >= 11 is 0. The van der Waals surface area contributed by atoms with Crippen LogP contribution in [0.4, 0.5) is 17.6 Å². The molecule has 186 valence electrons. The number of hydrogen-bond acceptors (Lipinski definition) is 4. The molecular weight excluding hydrogens is 448 g/mol. The Balaban J connectivity index is 1.41. The number of rotatable bonds is 8. The first-order chi connectivity index (χ1) is 16.4. The molecule has 2 aromatic rings. The van der Waals surface area contributed by atoms with Crippen molar-refractivity contribution in [2.24, 2.45) is 0 Å². The quantitative estimate of drug-likeness (QED) is 0.480. The molecule has 0 N–H and O–H groups in total. The fourth-order valence-electron chi connectivity index (χ4n) is 4.80. The molecule has 0 saturated carbocycles. The van der Waals surface area contributed by atoms with Crippen molar-refractivity contribution in [1.29, 1.82) is 0 Å². The van der Waals surface area contributed by atoms with E-state index < -0.39 is 23.8 Å². The minimum absolute atomic E-state index is 0.113. The van der Waals surface area contributed by atoms with Gasteiger partial charge in [-0.15, -0.1) is 0 Å². The lowest BCUT2D eigenvalue weighted by atomic mass is 10.0. The molecule has 2 atom stereocenters. The van der Waals surface area contributed by atoms with Gasteiger partial charge in [-0.25, -0.2) is 4.39 Å². The number of morpholine rings is 1. The van der Waals surface area contributed by atoms with E-state index in [-0.39, 0.29) is 24.6 Å². The van der Waals surface area contributed by atoms with Gasteiger partial charge in [0.05, 0.1) is 24.8 Å². The molecule has 34 heavy (non-hydrogen) atoms. The number of halogens is 4. The highest BCUT2D eigenvalue weighted by atomic mass is 19.4. The van der Waals surface area contributed by atoms with Crippen LogP contribution in [0.2, 0.25) is 0 Å². The van der Waals surface area contributed by atoms with Gasteiger partial charge >= 0.3 is 6.18 Å². The van der Waals surface area contributed by atoms with Crippen molar-refractivity contribution in [2.75, 3.05) is 45.9 Å². The minimum atomic E-state index is -4.59. The Morgan fingerprint density at radius 2 is 1.71 bits per heavy atom. The lowest BCUT2D eigenvalue weighted by Crippen LogP contribution is -2.49. The van der Waals surface area contributed by atoms with Gasteiger partial charge in [-0.05, 0) is 61.7 Å². The second-order valence-electron chi connectivity index (χ2n) is 9.00. The second-order valence-corrected chi connectivity index (χ2v) is 9.00. The first-order valence-electron chi connectivity index (χ1n) is 12.0. The van der Waals surface area contributed by atoms with Crippen molar-refractivity contribution in [3.63, 3.8) is 0 Å². The lowest BCUT2D eigenvalue weighted by Gasteiger charge is -2.42. The van der Waals surface area contributed by atoms with Crippen LogP contribution < -0.4 is 0 Å². The number of likely N-dealkylation sites (tertiary alicyclic amines) is 1. The first-order valence-corrected chi connectivity index (χ1v) is 12.0. The molecule has 0 aliphatic carbocycles. The number of benzene rings is 2. The van der Waals surface area contributed by atoms with Crippen molar-refractivity contribution in [1.82, 2.24) is 9.80 Å². The number of nitrogens with zero attached hydrogens (tertiary/aromatic N) is 2. The van der Waals surface area contributed by atoms with E-state index >= 15 is 0 Å². The van der Waals surface area contributed by atoms with E-state index in [2.05, 4.69) is 9.80 Å². The highest BCUT2D eigenvalue weighted by Crippen LogP contribution is 2.32. The molecule has 0 aromatic heterocycles. The number of alkyl halides is 3. The van der Waals surface area contributed by atoms with Crippen LogP contribution in [0.1, 0.15) is 42.0 Å². The van der Waals surface area contributed by atoms with Crippen LogP contribution in [-0.4, -0.2) is 62.0 Å². The van der Waals surface area contributed by atoms with E-state index in [1.165, 1.54) is 19.3 Å². The van der Waals surface area contributed by atoms with E-state index in [9.17, 15) is 17.6 Å². The molecule has 0 bridgehead atoms. The molecular formula is C26H32F4N2O2. The Labute approximate surface area is 198 Å². The van der Waals surface area contributed by atoms with Crippen LogP contribution in [0, 0.1) is 5.82 Å². The van der Waals surface area contributed by atoms with Crippen LogP contribution in [0.15, 0.2) is 48.5 Å². The van der Waals surface area contributed by atoms with Crippen LogP contribution in [0.5, 0.6) is 0 Å². The van der Waals surface area contributed by atoms with Crippen molar-refractivity contribution >= 4 is 0 Å². The smallest absolute Gasteiger partial charge is 0.350 e. The number of ether oxygens (including phenoxy) is 2. The largest absolute Gasteiger partial charge is 0.416 e. The molecule has 0 amide bonds. The van der Waals surface area contributed by atoms with Crippen LogP contribution in [0.3, 0.4) is 0 Å². The maximum absolute atomic E-state index is 13.7. The molecule has 0 spiro atoms. The van der Waals surface area contributed by atoms with Crippen molar-refractivity contribution in [3.8, 4) is 0 Å². The molecule has 8 heteroatoms. The van der Waals surface area contributed by atoms with Gasteiger partial charge in [-0.1, -0.05) is 36.8 Å². The molecule has 2 unspecified atom stereocenters. The van der Waals surface area contributed by atoms with E-state index in [0.717, 1.165) is 50.4 Å². The fourth-order valence-corrected chi connectivity index (χ4v) is 4.80.